The van der Waals surface area contributed by atoms with E-state index in [4.69, 9.17) is 9.97 Å². The number of aryl methyl sites for hydroxylation is 1. The molecule has 0 fully saturated rings. The van der Waals surface area contributed by atoms with Crippen LogP contribution in [0.1, 0.15) is 79.0 Å². The Bertz CT molecular complexity index is 3860. The summed E-state index contributed by atoms with van der Waals surface area (Å²) >= 11 is 0. The van der Waals surface area contributed by atoms with E-state index in [9.17, 15) is 5.11 Å². The predicted octanol–water partition coefficient (Wildman–Crippen LogP) is 16.9. The number of para-hydroxylation sites is 3. The van der Waals surface area contributed by atoms with Gasteiger partial charge in [0.05, 0.1) is 27.6 Å². The molecule has 0 atom stereocenters. The van der Waals surface area contributed by atoms with Crippen LogP contribution in [-0.4, -0.2) is 24.2 Å². The maximum Gasteiger partial charge on any atom is 0.143 e. The molecule has 3 aromatic heterocycles. The van der Waals surface area contributed by atoms with Crippen molar-refractivity contribution in [3.63, 3.8) is 0 Å². The first kappa shape index (κ1) is 47.6. The number of fused-ring (bicyclic) bond motifs is 5. The molecule has 0 saturated carbocycles. The molecule has 0 spiro atoms. The summed E-state index contributed by atoms with van der Waals surface area (Å²) in [7, 11) is 2.05. The van der Waals surface area contributed by atoms with Gasteiger partial charge >= 0.3 is 0 Å². The van der Waals surface area contributed by atoms with E-state index in [1.165, 1.54) is 43.8 Å². The summed E-state index contributed by atoms with van der Waals surface area (Å²) in [6.07, 6.45) is 1.91. The molecule has 6 heteroatoms. The average molecular weight is 1110 g/mol. The number of phenolic OH excluding ortho intramolecular Hbond substituents is 1. The molecule has 0 saturated heterocycles. The molecule has 0 unspecified atom stereocenters. The smallest absolute Gasteiger partial charge is 0.143 e. The van der Waals surface area contributed by atoms with E-state index in [0.29, 0.717) is 11.4 Å². The van der Waals surface area contributed by atoms with Crippen molar-refractivity contribution in [1.82, 2.24) is 19.1 Å². The fourth-order valence-corrected chi connectivity index (χ4v) is 10.4. The van der Waals surface area contributed by atoms with E-state index in [2.05, 4.69) is 236 Å². The predicted molar refractivity (Wildman–Crippen MR) is 294 cm³/mol. The Hall–Kier alpha value is -7.07. The summed E-state index contributed by atoms with van der Waals surface area (Å²) in [5.41, 5.74) is 17.4. The Kier molecular flexibility index (Phi) is 11.8. The summed E-state index contributed by atoms with van der Waals surface area (Å²) in [5, 5.41) is 16.9. The molecule has 0 amide bonds. The van der Waals surface area contributed by atoms with Crippen molar-refractivity contribution in [2.24, 2.45) is 7.05 Å². The van der Waals surface area contributed by atoms with Gasteiger partial charge in [-0.3, -0.25) is 4.98 Å². The summed E-state index contributed by atoms with van der Waals surface area (Å²) in [4.78, 5) is 10.3. The first-order valence-electron chi connectivity index (χ1n) is 24.4. The molecule has 11 rings (SSSR count). The van der Waals surface area contributed by atoms with Crippen LogP contribution in [0.4, 0.5) is 0 Å². The second-order valence-electron chi connectivity index (χ2n) is 22.1. The molecule has 8 aromatic carbocycles. The van der Waals surface area contributed by atoms with Crippen LogP contribution in [0.3, 0.4) is 0 Å². The Labute approximate surface area is 432 Å². The van der Waals surface area contributed by atoms with Gasteiger partial charge in [-0.05, 0) is 103 Å². The number of rotatable bonds is 6. The SMILES string of the molecule is Cn1c(-c2ccc(-c3c(C(C)(C)C)ccc4cc(C(C)(C)C)ccc34)cc2O)nc2c(-c3[c-]c(-c4cc(-c5cccc6c7ccccc7n(-c7ccccc7)c56)ccn4)ccc3)cc(C(C)(C)C)cc21.[Pt]. The zero-order chi connectivity index (χ0) is 48.9. The maximum atomic E-state index is 12.1. The second kappa shape index (κ2) is 17.7. The summed E-state index contributed by atoms with van der Waals surface area (Å²) in [5.74, 6) is 0.888. The van der Waals surface area contributed by atoms with Gasteiger partial charge < -0.3 is 14.2 Å². The van der Waals surface area contributed by atoms with Gasteiger partial charge in [0.25, 0.3) is 0 Å². The van der Waals surface area contributed by atoms with Crippen LogP contribution in [0.5, 0.6) is 5.75 Å². The number of nitrogens with zero attached hydrogens (tertiary/aromatic N) is 4. The van der Waals surface area contributed by atoms with Gasteiger partial charge in [0.1, 0.15) is 11.6 Å². The minimum absolute atomic E-state index is 0. The summed E-state index contributed by atoms with van der Waals surface area (Å²) < 4.78 is 4.51. The van der Waals surface area contributed by atoms with Crippen LogP contribution in [-0.2, 0) is 44.4 Å². The number of hydrogen-bond acceptors (Lipinski definition) is 3. The van der Waals surface area contributed by atoms with Gasteiger partial charge in [0.15, 0.2) is 0 Å². The Balaban J connectivity index is 0.00000582. The zero-order valence-corrected chi connectivity index (χ0v) is 44.5. The van der Waals surface area contributed by atoms with Crippen molar-refractivity contribution in [3.8, 4) is 67.5 Å². The van der Waals surface area contributed by atoms with Crippen molar-refractivity contribution >= 4 is 43.6 Å². The second-order valence-corrected chi connectivity index (χ2v) is 22.1. The maximum absolute atomic E-state index is 12.1. The molecular formula is C65H59N4OPt-. The third-order valence-electron chi connectivity index (χ3n) is 14.2. The van der Waals surface area contributed by atoms with Crippen LogP contribution in [0.25, 0.3) is 105 Å². The number of imidazole rings is 1. The fourth-order valence-electron chi connectivity index (χ4n) is 10.4. The van der Waals surface area contributed by atoms with E-state index < -0.39 is 0 Å². The van der Waals surface area contributed by atoms with E-state index in [-0.39, 0.29) is 43.1 Å². The van der Waals surface area contributed by atoms with Gasteiger partial charge in [-0.25, -0.2) is 4.98 Å². The van der Waals surface area contributed by atoms with Gasteiger partial charge in [-0.1, -0.05) is 177 Å². The van der Waals surface area contributed by atoms with Gasteiger partial charge in [-0.2, -0.15) is 0 Å². The topological polar surface area (TPSA) is 55.9 Å². The van der Waals surface area contributed by atoms with Crippen molar-refractivity contribution in [2.75, 3.05) is 0 Å². The monoisotopic (exact) mass is 1110 g/mol. The van der Waals surface area contributed by atoms with E-state index in [1.54, 1.807) is 0 Å². The summed E-state index contributed by atoms with van der Waals surface area (Å²) in [6.45, 7) is 20.3. The minimum atomic E-state index is -0.148. The number of aromatic hydroxyl groups is 1. The standard InChI is InChI=1S/C65H59N4O.Pt/c1-63(2,3)45-28-30-48-41(35-45)27-31-54(65(7,8)9)59(48)44-26-29-52(58(70)37-44)62-67-60-53(38-46(64(4,5)6)39-57(60)68(62)10)40-18-16-19-43(34-40)55-36-42(32-33-66-55)49-23-17-24-51-50-22-14-15-25-56(50)69(61(49)51)47-20-12-11-13-21-47;/h11-33,35-39,70H,1-10H3;/q-1;. The molecule has 0 aliphatic heterocycles. The van der Waals surface area contributed by atoms with Gasteiger partial charge in [0, 0.05) is 62.0 Å². The first-order chi connectivity index (χ1) is 33.4. The van der Waals surface area contributed by atoms with Crippen molar-refractivity contribution in [3.05, 3.63) is 193 Å². The van der Waals surface area contributed by atoms with Crippen molar-refractivity contribution in [1.29, 1.82) is 0 Å². The van der Waals surface area contributed by atoms with Gasteiger partial charge in [0.2, 0.25) is 0 Å². The van der Waals surface area contributed by atoms with Crippen molar-refractivity contribution in [2.45, 2.75) is 78.6 Å². The Morgan fingerprint density at radius 1 is 0.521 bits per heavy atom. The average Bonchev–Trinajstić information content (AvgIpc) is 3.87. The Morgan fingerprint density at radius 2 is 1.24 bits per heavy atom. The molecule has 5 nitrogen and oxygen atoms in total. The molecule has 71 heavy (non-hydrogen) atoms. The number of pyridine rings is 1. The fraction of sp³-hybridized carbons (Fsp3) is 0.200. The third-order valence-corrected chi connectivity index (χ3v) is 14.2. The van der Waals surface area contributed by atoms with Crippen LogP contribution < -0.4 is 0 Å². The van der Waals surface area contributed by atoms with Gasteiger partial charge in [-0.15, -0.1) is 29.8 Å². The normalized spacial score (nSPS) is 12.3. The van der Waals surface area contributed by atoms with Crippen LogP contribution in [0.15, 0.2) is 170 Å². The molecule has 356 valence electrons. The molecule has 0 radical (unpaired) electrons. The molecule has 11 aromatic rings. The molecule has 0 bridgehead atoms. The molecule has 3 heterocycles. The molecular weight excluding hydrogens is 1050 g/mol. The van der Waals surface area contributed by atoms with Crippen LogP contribution in [0, 0.1) is 6.07 Å². The van der Waals surface area contributed by atoms with E-state index >= 15 is 0 Å². The number of phenols is 1. The quantitative estimate of drug-likeness (QED) is 0.169. The van der Waals surface area contributed by atoms with Crippen LogP contribution in [0.2, 0.25) is 0 Å². The van der Waals surface area contributed by atoms with Crippen LogP contribution >= 0.6 is 0 Å². The molecule has 1 N–H and O–H groups in total. The minimum Gasteiger partial charge on any atom is -0.507 e. The summed E-state index contributed by atoms with van der Waals surface area (Å²) in [6, 6.07) is 62.3. The van der Waals surface area contributed by atoms with E-state index in [0.717, 1.165) is 66.9 Å². The largest absolute Gasteiger partial charge is 0.507 e. The number of hydrogen-bond donors (Lipinski definition) is 1. The number of benzene rings is 8. The molecule has 0 aliphatic rings. The first-order valence-corrected chi connectivity index (χ1v) is 24.4. The molecule has 0 aliphatic carbocycles. The van der Waals surface area contributed by atoms with Crippen molar-refractivity contribution < 1.29 is 26.2 Å². The zero-order valence-electron chi connectivity index (χ0n) is 42.2. The Morgan fingerprint density at radius 3 is 1.99 bits per heavy atom. The van der Waals surface area contributed by atoms with E-state index in [1.807, 2.05) is 18.3 Å². The number of aromatic nitrogens is 4. The third kappa shape index (κ3) is 8.38.